The van der Waals surface area contributed by atoms with Gasteiger partial charge in [-0.3, -0.25) is 0 Å². The van der Waals surface area contributed by atoms with Gasteiger partial charge in [0.2, 0.25) is 0 Å². The normalized spacial score (nSPS) is 38.4. The first-order valence-electron chi connectivity index (χ1n) is 4.41. The lowest BCUT2D eigenvalue weighted by Crippen LogP contribution is -2.27. The van der Waals surface area contributed by atoms with Crippen molar-refractivity contribution >= 4 is 0 Å². The second kappa shape index (κ2) is 1.42. The molecule has 0 bridgehead atoms. The third-order valence-electron chi connectivity index (χ3n) is 3.48. The Hall–Kier alpha value is -0.0400. The maximum absolute atomic E-state index is 5.62. The van der Waals surface area contributed by atoms with Crippen LogP contribution in [0.4, 0.5) is 0 Å². The number of hydrogen-bond donors (Lipinski definition) is 0. The molecule has 1 heteroatoms. The van der Waals surface area contributed by atoms with Crippen LogP contribution < -0.4 is 0 Å². The summed E-state index contributed by atoms with van der Waals surface area (Å²) in [5.41, 5.74) is 1.41. The summed E-state index contributed by atoms with van der Waals surface area (Å²) in [5, 5.41) is 0. The molecule has 10 heavy (non-hydrogen) atoms. The fourth-order valence-electron chi connectivity index (χ4n) is 2.38. The topological polar surface area (TPSA) is 9.23 Å². The van der Waals surface area contributed by atoms with Gasteiger partial charge in [0.1, 0.15) is 0 Å². The van der Waals surface area contributed by atoms with E-state index in [1.54, 1.807) is 0 Å². The van der Waals surface area contributed by atoms with Gasteiger partial charge in [0.15, 0.2) is 0 Å². The maximum atomic E-state index is 5.62. The van der Waals surface area contributed by atoms with Gasteiger partial charge in [-0.15, -0.1) is 0 Å². The van der Waals surface area contributed by atoms with Gasteiger partial charge in [0, 0.05) is 0 Å². The summed E-state index contributed by atoms with van der Waals surface area (Å²) >= 11 is 0. The van der Waals surface area contributed by atoms with Crippen LogP contribution in [0, 0.1) is 10.8 Å². The van der Waals surface area contributed by atoms with Crippen LogP contribution in [0.25, 0.3) is 0 Å². The van der Waals surface area contributed by atoms with Crippen molar-refractivity contribution in [2.24, 2.45) is 10.8 Å². The fraction of sp³-hybridized carbons (Fsp3) is 1.00. The van der Waals surface area contributed by atoms with E-state index in [1.807, 2.05) is 0 Å². The Kier molecular flexibility index (Phi) is 0.797. The molecule has 1 nitrogen and oxygen atoms in total. The molecule has 1 saturated heterocycles. The van der Waals surface area contributed by atoms with E-state index >= 15 is 0 Å². The van der Waals surface area contributed by atoms with Crippen LogP contribution in [0.5, 0.6) is 0 Å². The quantitative estimate of drug-likeness (QED) is 0.497. The molecule has 0 N–H and O–H groups in total. The van der Waals surface area contributed by atoms with E-state index in [0.29, 0.717) is 10.8 Å². The molecule has 3 rings (SSSR count). The molecule has 0 aromatic heterocycles. The van der Waals surface area contributed by atoms with E-state index < -0.39 is 0 Å². The highest BCUT2D eigenvalue weighted by atomic mass is 16.5. The van der Waals surface area contributed by atoms with Crippen molar-refractivity contribution < 1.29 is 4.74 Å². The van der Waals surface area contributed by atoms with Crippen molar-refractivity contribution in [1.82, 2.24) is 0 Å². The van der Waals surface area contributed by atoms with Gasteiger partial charge in [0.05, 0.1) is 13.2 Å². The summed E-state index contributed by atoms with van der Waals surface area (Å²) in [4.78, 5) is 0. The number of rotatable bonds is 0. The summed E-state index contributed by atoms with van der Waals surface area (Å²) in [6, 6.07) is 0. The van der Waals surface area contributed by atoms with Gasteiger partial charge < -0.3 is 4.74 Å². The van der Waals surface area contributed by atoms with Crippen LogP contribution in [-0.2, 0) is 4.74 Å². The second-order valence-electron chi connectivity index (χ2n) is 4.67. The Bertz CT molecular complexity index is 148. The summed E-state index contributed by atoms with van der Waals surface area (Å²) in [6.07, 6.45) is 7.31. The molecule has 0 atom stereocenters. The molecule has 2 saturated carbocycles. The zero-order valence-electron chi connectivity index (χ0n) is 6.36. The molecule has 0 aromatic rings. The molecular weight excluding hydrogens is 124 g/mol. The highest BCUT2D eigenvalue weighted by Gasteiger charge is 2.56. The monoisotopic (exact) mass is 138 g/mol. The molecule has 0 radical (unpaired) electrons. The summed E-state index contributed by atoms with van der Waals surface area (Å²) in [5.74, 6) is 0. The van der Waals surface area contributed by atoms with Crippen molar-refractivity contribution in [3.05, 3.63) is 0 Å². The van der Waals surface area contributed by atoms with Crippen LogP contribution in [0.2, 0.25) is 0 Å². The van der Waals surface area contributed by atoms with Crippen LogP contribution in [0.1, 0.15) is 32.1 Å². The zero-order chi connectivity index (χ0) is 6.66. The van der Waals surface area contributed by atoms with Crippen molar-refractivity contribution in [1.29, 1.82) is 0 Å². The molecule has 3 aliphatic rings. The van der Waals surface area contributed by atoms with Gasteiger partial charge >= 0.3 is 0 Å². The smallest absolute Gasteiger partial charge is 0.0522 e. The highest BCUT2D eigenvalue weighted by molar-refractivity contribution is 5.06. The first-order chi connectivity index (χ1) is 4.83. The first kappa shape index (κ1) is 5.59. The van der Waals surface area contributed by atoms with Gasteiger partial charge in [0.25, 0.3) is 0 Å². The molecular formula is C9H14O. The maximum Gasteiger partial charge on any atom is 0.0522 e. The molecule has 3 fully saturated rings. The van der Waals surface area contributed by atoms with Gasteiger partial charge in [-0.1, -0.05) is 0 Å². The predicted octanol–water partition coefficient (Wildman–Crippen LogP) is 1.97. The highest BCUT2D eigenvalue weighted by Crippen LogP contribution is 2.64. The molecule has 0 unspecified atom stereocenters. The van der Waals surface area contributed by atoms with E-state index in [2.05, 4.69) is 0 Å². The summed E-state index contributed by atoms with van der Waals surface area (Å²) in [6.45, 7) is 2.16. The average Bonchev–Trinajstić information content (AvgIpc) is 2.78. The Labute approximate surface area is 61.8 Å². The van der Waals surface area contributed by atoms with Crippen LogP contribution >= 0.6 is 0 Å². The lowest BCUT2D eigenvalue weighted by atomic mass is 9.88. The fourth-order valence-corrected chi connectivity index (χ4v) is 2.38. The van der Waals surface area contributed by atoms with Gasteiger partial charge in [-0.2, -0.15) is 0 Å². The van der Waals surface area contributed by atoms with Gasteiger partial charge in [-0.25, -0.2) is 0 Å². The lowest BCUT2D eigenvalue weighted by molar-refractivity contribution is -0.00683. The minimum absolute atomic E-state index is 0.703. The summed E-state index contributed by atoms with van der Waals surface area (Å²) in [7, 11) is 0. The molecule has 2 spiro atoms. The minimum Gasteiger partial charge on any atom is -0.380 e. The first-order valence-corrected chi connectivity index (χ1v) is 4.41. The molecule has 0 amide bonds. The SMILES string of the molecule is C1CC12COCC1(CC1)C2. The number of ether oxygens (including phenoxy) is 1. The van der Waals surface area contributed by atoms with E-state index in [-0.39, 0.29) is 0 Å². The molecule has 56 valence electrons. The Morgan fingerprint density at radius 2 is 1.30 bits per heavy atom. The van der Waals surface area contributed by atoms with Crippen molar-refractivity contribution in [2.75, 3.05) is 13.2 Å². The van der Waals surface area contributed by atoms with E-state index in [9.17, 15) is 0 Å². The standard InChI is InChI=1S/C9H14O/c1-2-8(1)5-9(3-4-9)7-10-6-8/h1-7H2. The Morgan fingerprint density at radius 3 is 1.70 bits per heavy atom. The largest absolute Gasteiger partial charge is 0.380 e. The zero-order valence-corrected chi connectivity index (χ0v) is 6.36. The third-order valence-corrected chi connectivity index (χ3v) is 3.48. The Morgan fingerprint density at radius 1 is 0.800 bits per heavy atom. The second-order valence-corrected chi connectivity index (χ2v) is 4.67. The predicted molar refractivity (Wildman–Crippen MR) is 38.8 cm³/mol. The minimum atomic E-state index is 0.703. The van der Waals surface area contributed by atoms with E-state index in [4.69, 9.17) is 4.74 Å². The molecule has 2 aliphatic carbocycles. The van der Waals surface area contributed by atoms with Gasteiger partial charge in [-0.05, 0) is 42.9 Å². The molecule has 1 aliphatic heterocycles. The molecule has 0 aromatic carbocycles. The van der Waals surface area contributed by atoms with E-state index in [1.165, 1.54) is 32.1 Å². The van der Waals surface area contributed by atoms with Crippen LogP contribution in [0.15, 0.2) is 0 Å². The summed E-state index contributed by atoms with van der Waals surface area (Å²) < 4.78 is 5.62. The average molecular weight is 138 g/mol. The number of hydrogen-bond acceptors (Lipinski definition) is 1. The van der Waals surface area contributed by atoms with Crippen LogP contribution in [-0.4, -0.2) is 13.2 Å². The lowest BCUT2D eigenvalue weighted by Gasteiger charge is -2.29. The van der Waals surface area contributed by atoms with Crippen molar-refractivity contribution in [3.63, 3.8) is 0 Å². The molecule has 1 heterocycles. The third kappa shape index (κ3) is 0.672. The van der Waals surface area contributed by atoms with Crippen molar-refractivity contribution in [2.45, 2.75) is 32.1 Å². The van der Waals surface area contributed by atoms with E-state index in [0.717, 1.165) is 13.2 Å². The van der Waals surface area contributed by atoms with Crippen molar-refractivity contribution in [3.8, 4) is 0 Å². The van der Waals surface area contributed by atoms with Crippen LogP contribution in [0.3, 0.4) is 0 Å². The Balaban J connectivity index is 1.80.